The molecule has 6 nitrogen and oxygen atoms in total. The first-order valence-electron chi connectivity index (χ1n) is 5.07. The van der Waals surface area contributed by atoms with E-state index >= 15 is 0 Å². The standard InChI is InChI=1S/C11H10N2O4S/c1-12-4-2-3-7(12)5-8-10(16)13(6-9(14)15)11(17)18-8/h2-5H,6H2,1H3,(H,14,15)/b8-5+. The van der Waals surface area contributed by atoms with Crippen LogP contribution in [0.2, 0.25) is 0 Å². The molecule has 0 atom stereocenters. The maximum atomic E-state index is 11.8. The highest BCUT2D eigenvalue weighted by molar-refractivity contribution is 8.18. The fraction of sp³-hybridized carbons (Fsp3) is 0.182. The van der Waals surface area contributed by atoms with Gasteiger partial charge in [-0.05, 0) is 30.0 Å². The second kappa shape index (κ2) is 4.69. The minimum Gasteiger partial charge on any atom is -0.480 e. The molecule has 0 aromatic carbocycles. The van der Waals surface area contributed by atoms with Crippen LogP contribution in [0.1, 0.15) is 5.69 Å². The molecule has 1 aromatic rings. The molecular weight excluding hydrogens is 256 g/mol. The summed E-state index contributed by atoms with van der Waals surface area (Å²) in [5.41, 5.74) is 0.774. The highest BCUT2D eigenvalue weighted by Crippen LogP contribution is 2.31. The lowest BCUT2D eigenvalue weighted by Crippen LogP contribution is -2.33. The third-order valence-corrected chi connectivity index (χ3v) is 3.34. The molecule has 1 aliphatic heterocycles. The predicted octanol–water partition coefficient (Wildman–Crippen LogP) is 1.15. The molecule has 0 aliphatic carbocycles. The highest BCUT2D eigenvalue weighted by Gasteiger charge is 2.36. The van der Waals surface area contributed by atoms with E-state index in [0.29, 0.717) is 0 Å². The fourth-order valence-electron chi connectivity index (χ4n) is 1.53. The van der Waals surface area contributed by atoms with Crippen LogP contribution < -0.4 is 0 Å². The number of hydrogen-bond donors (Lipinski definition) is 1. The summed E-state index contributed by atoms with van der Waals surface area (Å²) in [6.45, 7) is -0.602. The van der Waals surface area contributed by atoms with Crippen molar-refractivity contribution in [3.8, 4) is 0 Å². The summed E-state index contributed by atoms with van der Waals surface area (Å²) >= 11 is 0.753. The number of nitrogens with zero attached hydrogens (tertiary/aromatic N) is 2. The molecule has 2 heterocycles. The Bertz CT molecular complexity index is 561. The van der Waals surface area contributed by atoms with Crippen LogP contribution in [0, 0.1) is 0 Å². The number of carboxylic acid groups (broad SMARTS) is 1. The summed E-state index contributed by atoms with van der Waals surface area (Å²) in [4.78, 5) is 34.8. The number of aliphatic carboxylic acids is 1. The van der Waals surface area contributed by atoms with E-state index in [1.807, 2.05) is 19.3 Å². The summed E-state index contributed by atoms with van der Waals surface area (Å²) in [5.74, 6) is -1.77. The van der Waals surface area contributed by atoms with Crippen molar-refractivity contribution < 1.29 is 19.5 Å². The Morgan fingerprint density at radius 1 is 1.50 bits per heavy atom. The van der Waals surface area contributed by atoms with E-state index in [-0.39, 0.29) is 4.91 Å². The van der Waals surface area contributed by atoms with Crippen molar-refractivity contribution in [2.24, 2.45) is 7.05 Å². The lowest BCUT2D eigenvalue weighted by molar-refractivity contribution is -0.140. The molecule has 2 amide bonds. The van der Waals surface area contributed by atoms with Crippen molar-refractivity contribution in [3.63, 3.8) is 0 Å². The molecular formula is C11H10N2O4S. The van der Waals surface area contributed by atoms with Crippen molar-refractivity contribution in [2.75, 3.05) is 6.54 Å². The molecule has 0 unspecified atom stereocenters. The zero-order chi connectivity index (χ0) is 13.3. The average molecular weight is 266 g/mol. The molecule has 7 heteroatoms. The van der Waals surface area contributed by atoms with Crippen LogP contribution >= 0.6 is 11.8 Å². The molecule has 1 saturated heterocycles. The highest BCUT2D eigenvalue weighted by atomic mass is 32.2. The molecule has 0 radical (unpaired) electrons. The monoisotopic (exact) mass is 266 g/mol. The molecule has 1 aliphatic rings. The van der Waals surface area contributed by atoms with E-state index < -0.39 is 23.7 Å². The van der Waals surface area contributed by atoms with Crippen molar-refractivity contribution in [1.82, 2.24) is 9.47 Å². The van der Waals surface area contributed by atoms with E-state index in [9.17, 15) is 14.4 Å². The zero-order valence-electron chi connectivity index (χ0n) is 9.49. The lowest BCUT2D eigenvalue weighted by Gasteiger charge is -2.07. The Hall–Kier alpha value is -2.02. The third kappa shape index (κ3) is 2.30. The summed E-state index contributed by atoms with van der Waals surface area (Å²) in [5, 5.41) is 8.06. The fourth-order valence-corrected chi connectivity index (χ4v) is 2.35. The number of aryl methyl sites for hydroxylation is 1. The second-order valence-corrected chi connectivity index (χ2v) is 4.70. The molecule has 1 N–H and O–H groups in total. The smallest absolute Gasteiger partial charge is 0.323 e. The average Bonchev–Trinajstić information content (AvgIpc) is 2.79. The SMILES string of the molecule is Cn1cccc1/C=C1/SC(=O)N(CC(=O)O)C1=O. The number of aromatic nitrogens is 1. The van der Waals surface area contributed by atoms with Crippen LogP contribution in [0.3, 0.4) is 0 Å². The van der Waals surface area contributed by atoms with E-state index in [1.54, 1.807) is 16.7 Å². The number of carbonyl (C=O) groups is 3. The molecule has 1 fully saturated rings. The van der Waals surface area contributed by atoms with Gasteiger partial charge in [0.05, 0.1) is 4.91 Å². The predicted molar refractivity (Wildman–Crippen MR) is 65.7 cm³/mol. The van der Waals surface area contributed by atoms with Crippen molar-refractivity contribution in [3.05, 3.63) is 28.9 Å². The Labute approximate surface area is 107 Å². The number of carbonyl (C=O) groups excluding carboxylic acids is 2. The summed E-state index contributed by atoms with van der Waals surface area (Å²) in [6, 6.07) is 3.61. The van der Waals surface area contributed by atoms with E-state index in [2.05, 4.69) is 0 Å². The van der Waals surface area contributed by atoms with Crippen molar-refractivity contribution in [2.45, 2.75) is 0 Å². The lowest BCUT2D eigenvalue weighted by atomic mass is 10.3. The molecule has 94 valence electrons. The quantitative estimate of drug-likeness (QED) is 0.830. The minimum atomic E-state index is -1.21. The van der Waals surface area contributed by atoms with Crippen LogP contribution in [-0.2, 0) is 16.6 Å². The van der Waals surface area contributed by atoms with Crippen molar-refractivity contribution in [1.29, 1.82) is 0 Å². The van der Waals surface area contributed by atoms with Crippen LogP contribution in [-0.4, -0.2) is 38.2 Å². The van der Waals surface area contributed by atoms with Gasteiger partial charge in [-0.1, -0.05) is 0 Å². The first kappa shape index (κ1) is 12.4. The normalized spacial score (nSPS) is 17.8. The first-order valence-corrected chi connectivity index (χ1v) is 5.89. The maximum absolute atomic E-state index is 11.8. The Morgan fingerprint density at radius 3 is 2.78 bits per heavy atom. The second-order valence-electron chi connectivity index (χ2n) is 3.71. The third-order valence-electron chi connectivity index (χ3n) is 2.43. The van der Waals surface area contributed by atoms with Gasteiger partial charge in [-0.3, -0.25) is 19.3 Å². The van der Waals surface area contributed by atoms with Crippen LogP contribution in [0.15, 0.2) is 23.2 Å². The van der Waals surface area contributed by atoms with Crippen LogP contribution in [0.4, 0.5) is 4.79 Å². The summed E-state index contributed by atoms with van der Waals surface area (Å²) < 4.78 is 1.80. The van der Waals surface area contributed by atoms with Gasteiger partial charge in [-0.15, -0.1) is 0 Å². The Balaban J connectivity index is 2.25. The number of rotatable bonds is 3. The van der Waals surface area contributed by atoms with Gasteiger partial charge in [0.2, 0.25) is 0 Å². The summed E-state index contributed by atoms with van der Waals surface area (Å²) in [6.07, 6.45) is 3.39. The number of amides is 2. The van der Waals surface area contributed by atoms with Gasteiger partial charge in [0.1, 0.15) is 6.54 Å². The molecule has 0 bridgehead atoms. The molecule has 0 saturated carbocycles. The van der Waals surface area contributed by atoms with Gasteiger partial charge in [0, 0.05) is 18.9 Å². The molecule has 0 spiro atoms. The first-order chi connectivity index (χ1) is 8.49. The van der Waals surface area contributed by atoms with E-state index in [1.165, 1.54) is 0 Å². The minimum absolute atomic E-state index is 0.239. The van der Waals surface area contributed by atoms with Crippen LogP contribution in [0.25, 0.3) is 6.08 Å². The van der Waals surface area contributed by atoms with Gasteiger partial charge in [0.25, 0.3) is 11.1 Å². The number of carboxylic acids is 1. The van der Waals surface area contributed by atoms with Gasteiger partial charge in [0.15, 0.2) is 0 Å². The Morgan fingerprint density at radius 2 is 2.22 bits per heavy atom. The zero-order valence-corrected chi connectivity index (χ0v) is 10.3. The summed E-state index contributed by atoms with van der Waals surface area (Å²) in [7, 11) is 1.81. The maximum Gasteiger partial charge on any atom is 0.323 e. The number of thioether (sulfide) groups is 1. The largest absolute Gasteiger partial charge is 0.480 e. The molecule has 1 aromatic heterocycles. The van der Waals surface area contributed by atoms with Gasteiger partial charge in [-0.2, -0.15) is 0 Å². The number of hydrogen-bond acceptors (Lipinski definition) is 4. The van der Waals surface area contributed by atoms with Gasteiger partial charge >= 0.3 is 5.97 Å². The van der Waals surface area contributed by atoms with Crippen molar-refractivity contribution >= 4 is 35.0 Å². The van der Waals surface area contributed by atoms with Gasteiger partial charge < -0.3 is 9.67 Å². The van der Waals surface area contributed by atoms with E-state index in [4.69, 9.17) is 5.11 Å². The molecule has 18 heavy (non-hydrogen) atoms. The van der Waals surface area contributed by atoms with E-state index in [0.717, 1.165) is 22.4 Å². The topological polar surface area (TPSA) is 79.6 Å². The van der Waals surface area contributed by atoms with Gasteiger partial charge in [-0.25, -0.2) is 0 Å². The number of imide groups is 1. The Kier molecular flexibility index (Phi) is 3.24. The van der Waals surface area contributed by atoms with Crippen LogP contribution in [0.5, 0.6) is 0 Å². The molecule has 2 rings (SSSR count).